The molecular formula is C28H23N7O2S3. The minimum atomic E-state index is -0.473. The van der Waals surface area contributed by atoms with Gasteiger partial charge in [0.15, 0.2) is 10.1 Å². The van der Waals surface area contributed by atoms with Crippen LogP contribution in [0.2, 0.25) is 0 Å². The van der Waals surface area contributed by atoms with Gasteiger partial charge >= 0.3 is 0 Å². The van der Waals surface area contributed by atoms with E-state index in [1.54, 1.807) is 11.1 Å². The fraction of sp³-hybridized carbons (Fsp3) is 0.214. The highest BCUT2D eigenvalue weighted by atomic mass is 32.2. The number of anilines is 2. The Labute approximate surface area is 242 Å². The van der Waals surface area contributed by atoms with Crippen LogP contribution in [-0.4, -0.2) is 32.6 Å². The van der Waals surface area contributed by atoms with E-state index in [9.17, 15) is 14.9 Å². The first-order chi connectivity index (χ1) is 19.4. The van der Waals surface area contributed by atoms with Crippen LogP contribution in [0, 0.1) is 18.3 Å². The molecule has 6 rings (SSSR count). The zero-order chi connectivity index (χ0) is 27.8. The smallest absolute Gasteiger partial charge is 0.234 e. The number of nitrogens with two attached hydrogens (primary N) is 1. The molecule has 1 aliphatic carbocycles. The number of hydrogen-bond acceptors (Lipinski definition) is 11. The van der Waals surface area contributed by atoms with Crippen LogP contribution < -0.4 is 16.0 Å². The first-order valence-corrected chi connectivity index (χ1v) is 15.2. The second-order valence-electron chi connectivity index (χ2n) is 9.39. The van der Waals surface area contributed by atoms with Crippen molar-refractivity contribution in [3.8, 4) is 6.07 Å². The second kappa shape index (κ2) is 10.8. The van der Waals surface area contributed by atoms with Crippen molar-refractivity contribution in [2.75, 3.05) is 16.0 Å². The molecule has 1 unspecified atom stereocenters. The van der Waals surface area contributed by atoms with Crippen LogP contribution in [0.5, 0.6) is 0 Å². The molecule has 1 aromatic carbocycles. The number of allylic oxidation sites excluding steroid dienone is 3. The lowest BCUT2D eigenvalue weighted by Gasteiger charge is -2.37. The molecule has 12 heteroatoms. The molecule has 40 heavy (non-hydrogen) atoms. The molecule has 1 atom stereocenters. The lowest BCUT2D eigenvalue weighted by atomic mass is 9.78. The van der Waals surface area contributed by atoms with E-state index in [1.165, 1.54) is 34.4 Å². The molecule has 2 aliphatic rings. The Bertz CT molecular complexity index is 1760. The standard InChI is InChI=1S/C28H23N7O2S3/c1-15-9-10-38-25(15)23-18(12-29)26(30)35(20-7-4-8-21(36)24(20)23)27-33-34-28(40-27)39-14-22(37)32-17-11-16-5-2-3-6-19(16)31-13-17/h2-3,5-6,9-11,13,23H,4,7-8,14,30H2,1H3,(H,32,37). The van der Waals surface area contributed by atoms with Crippen molar-refractivity contribution in [3.05, 3.63) is 81.1 Å². The number of benzene rings is 1. The van der Waals surface area contributed by atoms with Crippen molar-refractivity contribution < 1.29 is 9.59 Å². The second-order valence-corrected chi connectivity index (χ2v) is 12.5. The molecule has 0 fully saturated rings. The fourth-order valence-corrected chi connectivity index (χ4v) is 7.79. The van der Waals surface area contributed by atoms with Gasteiger partial charge in [0.2, 0.25) is 11.0 Å². The van der Waals surface area contributed by atoms with E-state index in [0.29, 0.717) is 45.6 Å². The molecule has 9 nitrogen and oxygen atoms in total. The molecular weight excluding hydrogens is 563 g/mol. The third kappa shape index (κ3) is 4.77. The number of carbonyl (C=O) groups is 2. The number of amides is 1. The van der Waals surface area contributed by atoms with E-state index >= 15 is 0 Å². The third-order valence-electron chi connectivity index (χ3n) is 6.87. The Kier molecular flexibility index (Phi) is 7.10. The molecule has 3 N–H and O–H groups in total. The summed E-state index contributed by atoms with van der Waals surface area (Å²) in [6, 6.07) is 13.9. The van der Waals surface area contributed by atoms with Crippen LogP contribution in [0.4, 0.5) is 10.8 Å². The summed E-state index contributed by atoms with van der Waals surface area (Å²) in [5.41, 5.74) is 10.9. The topological polar surface area (TPSA) is 138 Å². The van der Waals surface area contributed by atoms with Gasteiger partial charge in [-0.3, -0.25) is 19.5 Å². The van der Waals surface area contributed by atoms with E-state index in [0.717, 1.165) is 27.0 Å². The molecule has 200 valence electrons. The van der Waals surface area contributed by atoms with E-state index < -0.39 is 5.92 Å². The summed E-state index contributed by atoms with van der Waals surface area (Å²) < 4.78 is 0.577. The van der Waals surface area contributed by atoms with Gasteiger partial charge in [0.1, 0.15) is 5.82 Å². The first kappa shape index (κ1) is 26.2. The van der Waals surface area contributed by atoms with Crippen molar-refractivity contribution in [1.82, 2.24) is 15.2 Å². The van der Waals surface area contributed by atoms with E-state index in [4.69, 9.17) is 5.73 Å². The summed E-state index contributed by atoms with van der Waals surface area (Å²) in [4.78, 5) is 33.0. The van der Waals surface area contributed by atoms with Crippen LogP contribution in [0.25, 0.3) is 10.9 Å². The highest BCUT2D eigenvalue weighted by Crippen LogP contribution is 2.48. The number of aryl methyl sites for hydroxylation is 1. The normalized spacial score (nSPS) is 17.2. The number of aromatic nitrogens is 3. The van der Waals surface area contributed by atoms with Crippen molar-refractivity contribution >= 4 is 67.8 Å². The molecule has 0 spiro atoms. The Morgan fingerprint density at radius 3 is 2.92 bits per heavy atom. The molecule has 4 aromatic rings. The summed E-state index contributed by atoms with van der Waals surface area (Å²) in [5.74, 6) is -0.243. The number of thiophene rings is 1. The molecule has 1 amide bonds. The summed E-state index contributed by atoms with van der Waals surface area (Å²) in [7, 11) is 0. The molecule has 0 bridgehead atoms. The van der Waals surface area contributed by atoms with Gasteiger partial charge in [-0.1, -0.05) is 41.3 Å². The predicted molar refractivity (Wildman–Crippen MR) is 158 cm³/mol. The number of nitrogens with zero attached hydrogens (tertiary/aromatic N) is 5. The number of ketones is 1. The van der Waals surface area contributed by atoms with Crippen molar-refractivity contribution in [2.45, 2.75) is 36.4 Å². The molecule has 1 aliphatic heterocycles. The number of nitriles is 1. The predicted octanol–water partition coefficient (Wildman–Crippen LogP) is 5.49. The lowest BCUT2D eigenvalue weighted by Crippen LogP contribution is -2.38. The monoisotopic (exact) mass is 585 g/mol. The van der Waals surface area contributed by atoms with Gasteiger partial charge in [0.05, 0.1) is 40.7 Å². The Balaban J connectivity index is 1.23. The number of hydrogen-bond donors (Lipinski definition) is 2. The first-order valence-electron chi connectivity index (χ1n) is 12.6. The number of para-hydroxylation sites is 1. The van der Waals surface area contributed by atoms with Crippen LogP contribution in [0.1, 0.15) is 35.6 Å². The number of fused-ring (bicyclic) bond motifs is 1. The summed E-state index contributed by atoms with van der Waals surface area (Å²) in [6.45, 7) is 1.98. The Morgan fingerprint density at radius 1 is 1.27 bits per heavy atom. The zero-order valence-electron chi connectivity index (χ0n) is 21.4. The molecule has 0 saturated heterocycles. The maximum absolute atomic E-state index is 13.3. The van der Waals surface area contributed by atoms with Gasteiger partial charge in [-0.05, 0) is 48.9 Å². The SMILES string of the molecule is Cc1ccsc1C1C(C#N)=C(N)N(c2nnc(SCC(=O)Nc3cnc4ccccc4c3)s2)C2=C1C(=O)CCC2. The fourth-order valence-electron chi connectivity index (χ4n) is 5.06. The number of nitrogens with one attached hydrogen (secondary N) is 1. The van der Waals surface area contributed by atoms with E-state index in [2.05, 4.69) is 26.6 Å². The summed E-state index contributed by atoms with van der Waals surface area (Å²) in [5, 5.41) is 25.0. The van der Waals surface area contributed by atoms with Gasteiger partial charge in [-0.25, -0.2) is 0 Å². The number of rotatable bonds is 6. The Hall–Kier alpha value is -4.05. The van der Waals surface area contributed by atoms with Crippen LogP contribution in [0.15, 0.2) is 75.0 Å². The van der Waals surface area contributed by atoms with Crippen LogP contribution in [0.3, 0.4) is 0 Å². The van der Waals surface area contributed by atoms with Gasteiger partial charge < -0.3 is 11.1 Å². The van der Waals surface area contributed by atoms with Crippen LogP contribution >= 0.6 is 34.4 Å². The third-order valence-corrected chi connectivity index (χ3v) is 9.99. The van der Waals surface area contributed by atoms with Gasteiger partial charge in [-0.2, -0.15) is 5.26 Å². The maximum atomic E-state index is 13.3. The summed E-state index contributed by atoms with van der Waals surface area (Å²) >= 11 is 4.06. The quantitative estimate of drug-likeness (QED) is 0.281. The van der Waals surface area contributed by atoms with E-state index in [-0.39, 0.29) is 23.3 Å². The minimum Gasteiger partial charge on any atom is -0.384 e. The average Bonchev–Trinajstić information content (AvgIpc) is 3.60. The molecule has 3 aromatic heterocycles. The number of carbonyl (C=O) groups excluding carboxylic acids is 2. The molecule has 0 radical (unpaired) electrons. The maximum Gasteiger partial charge on any atom is 0.234 e. The zero-order valence-corrected chi connectivity index (χ0v) is 23.8. The average molecular weight is 586 g/mol. The van der Waals surface area contributed by atoms with Gasteiger partial charge in [-0.15, -0.1) is 21.5 Å². The Morgan fingerprint density at radius 2 is 2.12 bits per heavy atom. The van der Waals surface area contributed by atoms with Crippen molar-refractivity contribution in [1.29, 1.82) is 5.26 Å². The molecule has 4 heterocycles. The number of pyridine rings is 1. The van der Waals surface area contributed by atoms with Crippen LogP contribution in [-0.2, 0) is 9.59 Å². The van der Waals surface area contributed by atoms with Gasteiger partial charge in [0.25, 0.3) is 0 Å². The highest BCUT2D eigenvalue weighted by molar-refractivity contribution is 8.01. The summed E-state index contributed by atoms with van der Waals surface area (Å²) in [6.07, 6.45) is 3.41. The molecule has 0 saturated carbocycles. The number of thioether (sulfide) groups is 1. The minimum absolute atomic E-state index is 0.0308. The van der Waals surface area contributed by atoms with E-state index in [1.807, 2.05) is 48.7 Å². The largest absolute Gasteiger partial charge is 0.384 e. The van der Waals surface area contributed by atoms with Crippen molar-refractivity contribution in [3.63, 3.8) is 0 Å². The highest BCUT2D eigenvalue weighted by Gasteiger charge is 2.42. The van der Waals surface area contributed by atoms with Crippen molar-refractivity contribution in [2.24, 2.45) is 5.73 Å². The lowest BCUT2D eigenvalue weighted by molar-refractivity contribution is -0.116. The number of Topliss-reactive ketones (excluding diaryl/α,β-unsaturated/α-hetero) is 1. The van der Waals surface area contributed by atoms with Gasteiger partial charge in [0, 0.05) is 28.0 Å².